The first kappa shape index (κ1) is 18.0. The zero-order valence-electron chi connectivity index (χ0n) is 15.1. The third-order valence-corrected chi connectivity index (χ3v) is 4.27. The van der Waals surface area contributed by atoms with Crippen molar-refractivity contribution in [2.45, 2.75) is 52.2 Å². The lowest BCUT2D eigenvalue weighted by Gasteiger charge is -2.38. The number of carbonyl (C=O) groups is 1. The Morgan fingerprint density at radius 2 is 1.74 bits per heavy atom. The predicted molar refractivity (Wildman–Crippen MR) is 93.7 cm³/mol. The molecule has 1 saturated heterocycles. The molecule has 1 N–H and O–H groups in total. The Kier molecular flexibility index (Phi) is 5.82. The number of ether oxygens (including phenoxy) is 1. The molecular weight excluding hydrogens is 288 g/mol. The third kappa shape index (κ3) is 5.05. The van der Waals surface area contributed by atoms with Crippen LogP contribution in [0.2, 0.25) is 0 Å². The van der Waals surface area contributed by atoms with Crippen molar-refractivity contribution >= 4 is 5.97 Å². The van der Waals surface area contributed by atoms with Crippen LogP contribution in [0.25, 0.3) is 0 Å². The van der Waals surface area contributed by atoms with Crippen LogP contribution in [0.1, 0.15) is 44.7 Å². The fraction of sp³-hybridized carbons (Fsp3) is 0.632. The highest BCUT2D eigenvalue weighted by atomic mass is 16.6. The normalized spacial score (nSPS) is 19.2. The van der Waals surface area contributed by atoms with Crippen LogP contribution in [0.3, 0.4) is 0 Å². The second-order valence-corrected chi connectivity index (χ2v) is 7.46. The molecule has 0 radical (unpaired) electrons. The molecule has 2 atom stereocenters. The number of benzene rings is 1. The van der Waals surface area contributed by atoms with E-state index < -0.39 is 5.60 Å². The van der Waals surface area contributed by atoms with Crippen molar-refractivity contribution in [3.63, 3.8) is 0 Å². The van der Waals surface area contributed by atoms with E-state index in [1.165, 1.54) is 11.1 Å². The molecule has 1 aromatic rings. The van der Waals surface area contributed by atoms with E-state index in [-0.39, 0.29) is 17.9 Å². The molecule has 128 valence electrons. The topological polar surface area (TPSA) is 41.6 Å². The monoisotopic (exact) mass is 318 g/mol. The molecule has 23 heavy (non-hydrogen) atoms. The maximum Gasteiger partial charge on any atom is 0.324 e. The molecule has 1 aliphatic rings. The van der Waals surface area contributed by atoms with Gasteiger partial charge < -0.3 is 10.1 Å². The summed E-state index contributed by atoms with van der Waals surface area (Å²) in [6.07, 6.45) is 0. The molecule has 0 aliphatic carbocycles. The predicted octanol–water partition coefficient (Wildman–Crippen LogP) is 2.71. The van der Waals surface area contributed by atoms with Gasteiger partial charge in [-0.1, -0.05) is 36.8 Å². The smallest absolute Gasteiger partial charge is 0.324 e. The molecule has 1 fully saturated rings. The standard InChI is InChI=1S/C19H30N2O2/c1-14-6-8-16(9-7-14)15(2)17(18(22)23-19(3,4)5)21-12-10-20-11-13-21/h6-9,15,17,20H,10-13H2,1-5H3/t15?,17-/m0/s1. The van der Waals surface area contributed by atoms with Crippen LogP contribution in [0.15, 0.2) is 24.3 Å². The largest absolute Gasteiger partial charge is 0.459 e. The first-order valence-corrected chi connectivity index (χ1v) is 8.52. The molecule has 1 aromatic carbocycles. The maximum absolute atomic E-state index is 12.9. The van der Waals surface area contributed by atoms with E-state index in [1.807, 2.05) is 20.8 Å². The van der Waals surface area contributed by atoms with Gasteiger partial charge in [0.05, 0.1) is 0 Å². The van der Waals surface area contributed by atoms with Crippen LogP contribution < -0.4 is 5.32 Å². The van der Waals surface area contributed by atoms with E-state index in [2.05, 4.69) is 48.3 Å². The lowest BCUT2D eigenvalue weighted by Crippen LogP contribution is -2.54. The van der Waals surface area contributed by atoms with Gasteiger partial charge in [0, 0.05) is 32.1 Å². The fourth-order valence-electron chi connectivity index (χ4n) is 3.04. The van der Waals surface area contributed by atoms with Crippen LogP contribution in [-0.4, -0.2) is 48.7 Å². The summed E-state index contributed by atoms with van der Waals surface area (Å²) in [4.78, 5) is 15.1. The average Bonchev–Trinajstić information content (AvgIpc) is 2.47. The van der Waals surface area contributed by atoms with Gasteiger partial charge in [0.15, 0.2) is 0 Å². The quantitative estimate of drug-likeness (QED) is 0.867. The van der Waals surface area contributed by atoms with E-state index in [9.17, 15) is 4.79 Å². The van der Waals surface area contributed by atoms with E-state index in [4.69, 9.17) is 4.74 Å². The third-order valence-electron chi connectivity index (χ3n) is 4.27. The lowest BCUT2D eigenvalue weighted by atomic mass is 9.91. The first-order valence-electron chi connectivity index (χ1n) is 8.52. The van der Waals surface area contributed by atoms with E-state index in [1.54, 1.807) is 0 Å². The summed E-state index contributed by atoms with van der Waals surface area (Å²) in [6.45, 7) is 13.6. The zero-order chi connectivity index (χ0) is 17.0. The second kappa shape index (κ2) is 7.45. The molecule has 1 heterocycles. The number of nitrogens with one attached hydrogen (secondary N) is 1. The summed E-state index contributed by atoms with van der Waals surface area (Å²) in [7, 11) is 0. The highest BCUT2D eigenvalue weighted by molar-refractivity contribution is 5.77. The van der Waals surface area contributed by atoms with Gasteiger partial charge in [0.2, 0.25) is 0 Å². The average molecular weight is 318 g/mol. The minimum Gasteiger partial charge on any atom is -0.459 e. The van der Waals surface area contributed by atoms with Gasteiger partial charge in [-0.25, -0.2) is 0 Å². The Labute approximate surface area is 140 Å². The number of aryl methyl sites for hydroxylation is 1. The summed E-state index contributed by atoms with van der Waals surface area (Å²) in [5.74, 6) is -0.0176. The minimum absolute atomic E-state index is 0.101. The molecule has 0 bridgehead atoms. The van der Waals surface area contributed by atoms with Crippen LogP contribution in [-0.2, 0) is 9.53 Å². The Hall–Kier alpha value is -1.39. The van der Waals surface area contributed by atoms with Crippen molar-refractivity contribution in [2.24, 2.45) is 0 Å². The van der Waals surface area contributed by atoms with Crippen molar-refractivity contribution < 1.29 is 9.53 Å². The second-order valence-electron chi connectivity index (χ2n) is 7.46. The van der Waals surface area contributed by atoms with Gasteiger partial charge in [-0.2, -0.15) is 0 Å². The Morgan fingerprint density at radius 3 is 2.26 bits per heavy atom. The van der Waals surface area contributed by atoms with Gasteiger partial charge >= 0.3 is 5.97 Å². The molecule has 4 heteroatoms. The number of hydrogen-bond acceptors (Lipinski definition) is 4. The van der Waals surface area contributed by atoms with Gasteiger partial charge in [-0.05, 0) is 33.3 Å². The summed E-state index contributed by atoms with van der Waals surface area (Å²) in [6, 6.07) is 8.23. The van der Waals surface area contributed by atoms with Crippen molar-refractivity contribution in [2.75, 3.05) is 26.2 Å². The molecule has 1 unspecified atom stereocenters. The van der Waals surface area contributed by atoms with Gasteiger partial charge in [-0.15, -0.1) is 0 Å². The van der Waals surface area contributed by atoms with Crippen LogP contribution >= 0.6 is 0 Å². The molecule has 4 nitrogen and oxygen atoms in total. The fourth-order valence-corrected chi connectivity index (χ4v) is 3.04. The van der Waals surface area contributed by atoms with Gasteiger partial charge in [0.1, 0.15) is 11.6 Å². The van der Waals surface area contributed by atoms with Crippen LogP contribution in [0.5, 0.6) is 0 Å². The number of piperazine rings is 1. The minimum atomic E-state index is -0.462. The summed E-state index contributed by atoms with van der Waals surface area (Å²) in [5.41, 5.74) is 1.96. The molecular formula is C19H30N2O2. The number of esters is 1. The Morgan fingerprint density at radius 1 is 1.17 bits per heavy atom. The summed E-state index contributed by atoms with van der Waals surface area (Å²) >= 11 is 0. The van der Waals surface area contributed by atoms with Crippen molar-refractivity contribution in [1.82, 2.24) is 10.2 Å². The molecule has 0 aromatic heterocycles. The van der Waals surface area contributed by atoms with E-state index in [0.29, 0.717) is 0 Å². The van der Waals surface area contributed by atoms with Crippen molar-refractivity contribution in [3.05, 3.63) is 35.4 Å². The molecule has 0 saturated carbocycles. The molecule has 0 amide bonds. The first-order chi connectivity index (χ1) is 10.8. The van der Waals surface area contributed by atoms with Crippen LogP contribution in [0, 0.1) is 6.92 Å². The van der Waals surface area contributed by atoms with Gasteiger partial charge in [-0.3, -0.25) is 9.69 Å². The highest BCUT2D eigenvalue weighted by Crippen LogP contribution is 2.26. The summed E-state index contributed by atoms with van der Waals surface area (Å²) < 4.78 is 5.72. The van der Waals surface area contributed by atoms with E-state index in [0.717, 1.165) is 26.2 Å². The molecule has 2 rings (SSSR count). The highest BCUT2D eigenvalue weighted by Gasteiger charge is 2.35. The van der Waals surface area contributed by atoms with Gasteiger partial charge in [0.25, 0.3) is 0 Å². The van der Waals surface area contributed by atoms with Crippen molar-refractivity contribution in [3.8, 4) is 0 Å². The molecule has 1 aliphatic heterocycles. The van der Waals surface area contributed by atoms with Crippen molar-refractivity contribution in [1.29, 1.82) is 0 Å². The SMILES string of the molecule is Cc1ccc(C(C)[C@@H](C(=O)OC(C)(C)C)N2CCNCC2)cc1. The number of carbonyl (C=O) groups excluding carboxylic acids is 1. The maximum atomic E-state index is 12.9. The number of nitrogens with zero attached hydrogens (tertiary/aromatic N) is 1. The lowest BCUT2D eigenvalue weighted by molar-refractivity contribution is -0.162. The molecule has 0 spiro atoms. The number of hydrogen-bond donors (Lipinski definition) is 1. The summed E-state index contributed by atoms with van der Waals surface area (Å²) in [5, 5.41) is 3.35. The van der Waals surface area contributed by atoms with E-state index >= 15 is 0 Å². The van der Waals surface area contributed by atoms with Crippen LogP contribution in [0.4, 0.5) is 0 Å². The Balaban J connectivity index is 2.24. The Bertz CT molecular complexity index is 513. The number of rotatable bonds is 4. The zero-order valence-corrected chi connectivity index (χ0v) is 15.1.